The normalized spacial score (nSPS) is 11.2. The molecule has 0 saturated heterocycles. The Balaban J connectivity index is 0.000000108. The monoisotopic (exact) mass is 1760 g/mol. The summed E-state index contributed by atoms with van der Waals surface area (Å²) >= 11 is 0. The van der Waals surface area contributed by atoms with Crippen molar-refractivity contribution in [1.29, 1.82) is 0 Å². The molecule has 136 heavy (non-hydrogen) atoms. The van der Waals surface area contributed by atoms with E-state index in [2.05, 4.69) is 155 Å². The molecule has 11 heterocycles. The smallest absolute Gasteiger partial charge is 0.423 e. The van der Waals surface area contributed by atoms with Gasteiger partial charge in [0.1, 0.15) is 5.82 Å². The van der Waals surface area contributed by atoms with Crippen molar-refractivity contribution in [3.63, 3.8) is 0 Å². The minimum Gasteiger partial charge on any atom is -0.423 e. The molecule has 24 aromatic rings. The number of benzene rings is 13. The second-order valence-electron chi connectivity index (χ2n) is 32.8. The van der Waals surface area contributed by atoms with Gasteiger partial charge in [-0.3, -0.25) is 24.5 Å². The van der Waals surface area contributed by atoms with Crippen LogP contribution < -0.4 is 21.9 Å². The molecule has 0 aliphatic carbocycles. The number of hydrogen-bond donors (Lipinski definition) is 8. The fourth-order valence-electron chi connectivity index (χ4n) is 18.4. The number of fused-ring (bicyclic) bond motifs is 12. The molecule has 0 spiro atoms. The highest BCUT2D eigenvalue weighted by atomic mass is 16.4. The van der Waals surface area contributed by atoms with Crippen LogP contribution in [0.2, 0.25) is 0 Å². The van der Waals surface area contributed by atoms with Crippen LogP contribution in [0.1, 0.15) is 0 Å². The van der Waals surface area contributed by atoms with Crippen molar-refractivity contribution in [1.82, 2.24) is 53.2 Å². The first kappa shape index (κ1) is 85.8. The zero-order valence-corrected chi connectivity index (χ0v) is 73.0. The Labute approximate surface area is 782 Å². The van der Waals surface area contributed by atoms with Gasteiger partial charge in [0.25, 0.3) is 0 Å². The largest absolute Gasteiger partial charge is 0.490 e. The van der Waals surface area contributed by atoms with Crippen molar-refractivity contribution in [2.45, 2.75) is 0 Å². The van der Waals surface area contributed by atoms with Crippen molar-refractivity contribution in [2.75, 3.05) is 0 Å². The van der Waals surface area contributed by atoms with Crippen molar-refractivity contribution >= 4 is 138 Å². The number of aromatic nitrogens is 11. The van der Waals surface area contributed by atoms with Crippen molar-refractivity contribution in [3.8, 4) is 113 Å². The molecule has 0 aliphatic heterocycles. The molecule has 19 nitrogen and oxygen atoms in total. The van der Waals surface area contributed by atoms with Gasteiger partial charge >= 0.3 is 28.5 Å². The number of pyridine rings is 7. The predicted molar refractivity (Wildman–Crippen MR) is 550 cm³/mol. The number of nitrogens with zero attached hydrogens (tertiary/aromatic N) is 11. The average molecular weight is 1760 g/mol. The molecule has 11 aromatic heterocycles. The van der Waals surface area contributed by atoms with Gasteiger partial charge in [-0.25, -0.2) is 15.0 Å². The van der Waals surface area contributed by atoms with Gasteiger partial charge in [-0.2, -0.15) is 0 Å². The highest BCUT2D eigenvalue weighted by Gasteiger charge is 2.29. The molecule has 0 aliphatic rings. The van der Waals surface area contributed by atoms with Gasteiger partial charge in [0.05, 0.1) is 107 Å². The zero-order valence-electron chi connectivity index (χ0n) is 73.0. The summed E-state index contributed by atoms with van der Waals surface area (Å²) in [7, 11) is -6.39. The molecule has 13 aromatic carbocycles. The fourth-order valence-corrected chi connectivity index (χ4v) is 18.4. The minimum absolute atomic E-state index is 0.435. The summed E-state index contributed by atoms with van der Waals surface area (Å²) in [5.41, 5.74) is 25.6. The average Bonchev–Trinajstić information content (AvgIpc) is 1.59. The van der Waals surface area contributed by atoms with E-state index >= 15 is 0 Å². The highest BCUT2D eigenvalue weighted by molar-refractivity contribution is 6.64. The fraction of sp³-hybridized carbons (Fsp3) is 0. The first-order valence-corrected chi connectivity index (χ1v) is 44.5. The van der Waals surface area contributed by atoms with Crippen LogP contribution in [0.25, 0.3) is 200 Å². The molecule has 0 bridgehead atoms. The first-order valence-electron chi connectivity index (χ1n) is 44.5. The third kappa shape index (κ3) is 16.7. The SMILES string of the molecule is OB(O)c1cccc2c3ccccc3n(-c3cc(-c4ccccc4)cc(-c4ccccc4)n3)c12.OB(O)c1cccc2c3ccccc3n(-c3cc(-c4ccccc4)nc(-c4ccccc4)c3)c12.OB(O)c1cccc2c3ccccc3n(-c3cc(-c4ccccn4)cc(-c4ccccn4)c3)c12.OB(O)c1cccc2c3ccccc3n(-c3cc(-c4ccccn4)nc(-c4ccccn4)c3)c12. The van der Waals surface area contributed by atoms with E-state index in [1.54, 1.807) is 49.1 Å². The van der Waals surface area contributed by atoms with Gasteiger partial charge in [-0.05, 0) is 139 Å². The van der Waals surface area contributed by atoms with Crippen molar-refractivity contribution in [2.24, 2.45) is 0 Å². The maximum Gasteiger partial charge on any atom is 0.490 e. The van der Waals surface area contributed by atoms with Crippen LogP contribution in [0.3, 0.4) is 0 Å². The molecule has 0 saturated carbocycles. The van der Waals surface area contributed by atoms with Crippen LogP contribution in [-0.2, 0) is 0 Å². The second-order valence-corrected chi connectivity index (χ2v) is 32.8. The van der Waals surface area contributed by atoms with Crippen LogP contribution in [-0.4, -0.2) is 122 Å². The van der Waals surface area contributed by atoms with E-state index in [0.717, 1.165) is 189 Å². The second kappa shape index (κ2) is 37.7. The molecule has 8 N–H and O–H groups in total. The summed E-state index contributed by atoms with van der Waals surface area (Å²) in [6.45, 7) is 0. The van der Waals surface area contributed by atoms with Gasteiger partial charge in [-0.15, -0.1) is 0 Å². The summed E-state index contributed by atoms with van der Waals surface area (Å²) in [6, 6.07) is 137. The maximum absolute atomic E-state index is 10.2. The van der Waals surface area contributed by atoms with Crippen LogP contribution >= 0.6 is 0 Å². The van der Waals surface area contributed by atoms with Gasteiger partial charge in [0.2, 0.25) is 0 Å². The van der Waals surface area contributed by atoms with Crippen LogP contribution in [0.5, 0.6) is 0 Å². The zero-order chi connectivity index (χ0) is 92.3. The quantitative estimate of drug-likeness (QED) is 0.0418. The topological polar surface area (TPSA) is 272 Å². The van der Waals surface area contributed by atoms with Crippen molar-refractivity contribution < 1.29 is 40.2 Å². The lowest BCUT2D eigenvalue weighted by Crippen LogP contribution is -2.31. The van der Waals surface area contributed by atoms with E-state index in [9.17, 15) is 40.2 Å². The Hall–Kier alpha value is -17.0. The Morgan fingerprint density at radius 2 is 0.434 bits per heavy atom. The number of rotatable bonds is 16. The third-order valence-electron chi connectivity index (χ3n) is 24.5. The van der Waals surface area contributed by atoms with E-state index in [4.69, 9.17) is 15.0 Å². The molecule has 0 amide bonds. The summed E-state index contributed by atoms with van der Waals surface area (Å²) in [5.74, 6) is 0.722. The van der Waals surface area contributed by atoms with Crippen LogP contribution in [0, 0.1) is 0 Å². The Bertz CT molecular complexity index is 7280. The molecule has 0 unspecified atom stereocenters. The molecular weight excluding hydrogens is 1680 g/mol. The van der Waals surface area contributed by atoms with Gasteiger partial charge in [0.15, 0.2) is 0 Å². The number of para-hydroxylation sites is 8. The lowest BCUT2D eigenvalue weighted by molar-refractivity contribution is 0.425. The van der Waals surface area contributed by atoms with Gasteiger partial charge < -0.3 is 53.9 Å². The molecule has 0 fully saturated rings. The third-order valence-corrected chi connectivity index (χ3v) is 24.5. The molecule has 24 rings (SSSR count). The van der Waals surface area contributed by atoms with Gasteiger partial charge in [0, 0.05) is 123 Å². The first-order chi connectivity index (χ1) is 66.8. The Morgan fingerprint density at radius 3 is 0.765 bits per heavy atom. The summed E-state index contributed by atoms with van der Waals surface area (Å²) in [5, 5.41) is 89.6. The highest BCUT2D eigenvalue weighted by Crippen LogP contribution is 2.41. The predicted octanol–water partition coefficient (Wildman–Crippen LogP) is 19.0. The molecule has 0 atom stereocenters. The molecule has 648 valence electrons. The van der Waals surface area contributed by atoms with Gasteiger partial charge in [-0.1, -0.05) is 291 Å². The van der Waals surface area contributed by atoms with E-state index in [1.165, 1.54) is 0 Å². The molecule has 0 radical (unpaired) electrons. The van der Waals surface area contributed by atoms with Crippen molar-refractivity contribution in [3.05, 3.63) is 443 Å². The van der Waals surface area contributed by atoms with E-state index in [-0.39, 0.29) is 0 Å². The van der Waals surface area contributed by atoms with E-state index < -0.39 is 28.5 Å². The lowest BCUT2D eigenvalue weighted by Gasteiger charge is -2.14. The lowest BCUT2D eigenvalue weighted by atomic mass is 9.79. The molecular formula is C113H81B4N11O8. The minimum atomic E-state index is -1.61. The Morgan fingerprint density at radius 1 is 0.169 bits per heavy atom. The number of hydrogen-bond acceptors (Lipinski definition) is 15. The van der Waals surface area contributed by atoms with E-state index in [1.807, 2.05) is 278 Å². The van der Waals surface area contributed by atoms with Crippen LogP contribution in [0.15, 0.2) is 443 Å². The Kier molecular flexibility index (Phi) is 23.8. The maximum atomic E-state index is 10.2. The summed E-state index contributed by atoms with van der Waals surface area (Å²) in [4.78, 5) is 33.1. The van der Waals surface area contributed by atoms with Crippen LogP contribution in [0.4, 0.5) is 0 Å². The standard InChI is InChI=1S/2C29H21BN2O2.C28H20BN3O2.C27H19BN4O2/c33-30(34)25-16-9-15-24-23-14-7-8-17-28(23)32(29(24)25)22-18-26(20-10-3-1-4-11-20)31-27(19-22)21-12-5-2-6-13-21;33-30(34)25-16-9-15-24-23-14-7-8-17-27(23)32(29(24)25)28-19-22(20-10-3-1-4-11-20)18-26(31-28)21-12-5-2-6-13-21;33-29(34)24-10-7-9-23-22-8-1-2-13-27(22)32(28(23)24)21-17-19(25-11-3-5-14-30-25)16-20(18-21)26-12-4-6-15-31-26;33-28(34)21-10-7-9-20-19-8-1-2-13-26(19)32(27(20)21)18-16-24(22-11-3-5-14-29-22)31-25(17-18)23-12-4-6-15-30-23/h2*1-19,33-34H;1-18,33-34H;1-17,33-34H. The summed E-state index contributed by atoms with van der Waals surface area (Å²) < 4.78 is 8.30. The summed E-state index contributed by atoms with van der Waals surface area (Å²) in [6.07, 6.45) is 7.04. The molecule has 23 heteroatoms. The van der Waals surface area contributed by atoms with E-state index in [0.29, 0.717) is 33.2 Å².